The summed E-state index contributed by atoms with van der Waals surface area (Å²) >= 11 is 0. The van der Waals surface area contributed by atoms with Crippen molar-refractivity contribution in [2.45, 2.75) is 59.4 Å². The number of nitrogens with zero attached hydrogens (tertiary/aromatic N) is 5. The second kappa shape index (κ2) is 11.8. The summed E-state index contributed by atoms with van der Waals surface area (Å²) in [4.78, 5) is 24.2. The largest absolute Gasteiger partial charge is 0.476 e. The van der Waals surface area contributed by atoms with Gasteiger partial charge in [-0.15, -0.1) is 5.10 Å². The molecule has 0 aliphatic heterocycles. The average Bonchev–Trinajstić information content (AvgIpc) is 3.29. The number of methoxy groups -OCH3 is 1. The Hall–Kier alpha value is -3.32. The Morgan fingerprint density at radius 3 is 2.38 bits per heavy atom. The van der Waals surface area contributed by atoms with Gasteiger partial charge in [0.1, 0.15) is 19.0 Å². The Kier molecular flexibility index (Phi) is 9.16. The highest BCUT2D eigenvalue weighted by molar-refractivity contribution is 6.76. The van der Waals surface area contributed by atoms with E-state index in [0.717, 1.165) is 21.9 Å². The third-order valence-electron chi connectivity index (χ3n) is 5.84. The van der Waals surface area contributed by atoms with E-state index >= 15 is 0 Å². The highest BCUT2D eigenvalue weighted by Gasteiger charge is 2.37. The monoisotopic (exact) mass is 565 g/mol. The van der Waals surface area contributed by atoms with Crippen molar-refractivity contribution in [1.82, 2.24) is 24.7 Å². The molecule has 3 aromatic rings. The van der Waals surface area contributed by atoms with E-state index in [0.29, 0.717) is 18.1 Å². The van der Waals surface area contributed by atoms with E-state index < -0.39 is 31.5 Å². The number of carbonyl (C=O) groups excluding carboxylic acids is 1. The molecule has 212 valence electrons. The summed E-state index contributed by atoms with van der Waals surface area (Å²) in [6, 6.07) is 5.92. The van der Waals surface area contributed by atoms with Crippen LogP contribution in [0.25, 0.3) is 22.6 Å². The Morgan fingerprint density at radius 2 is 1.82 bits per heavy atom. The van der Waals surface area contributed by atoms with Crippen LogP contribution in [0.1, 0.15) is 25.2 Å². The zero-order valence-electron chi connectivity index (χ0n) is 23.2. The van der Waals surface area contributed by atoms with Crippen LogP contribution in [-0.4, -0.2) is 59.1 Å². The van der Waals surface area contributed by atoms with E-state index in [9.17, 15) is 18.0 Å². The van der Waals surface area contributed by atoms with Gasteiger partial charge in [-0.2, -0.15) is 13.2 Å². The van der Waals surface area contributed by atoms with Crippen molar-refractivity contribution in [3.63, 3.8) is 0 Å². The summed E-state index contributed by atoms with van der Waals surface area (Å²) in [6.45, 7) is 12.2. The minimum atomic E-state index is -4.70. The molecule has 0 aliphatic rings. The van der Waals surface area contributed by atoms with Gasteiger partial charge in [0.2, 0.25) is 5.88 Å². The fourth-order valence-electron chi connectivity index (χ4n) is 3.46. The van der Waals surface area contributed by atoms with Gasteiger partial charge in [0.15, 0.2) is 5.82 Å². The van der Waals surface area contributed by atoms with Gasteiger partial charge in [-0.05, 0) is 38.4 Å². The second-order valence-electron chi connectivity index (χ2n) is 11.0. The quantitative estimate of drug-likeness (QED) is 0.168. The lowest BCUT2D eigenvalue weighted by atomic mass is 9.95. The molecule has 3 aromatic heterocycles. The lowest BCUT2D eigenvalue weighted by Crippen LogP contribution is -2.32. The molecular formula is C26H34F3N5O4Si. The van der Waals surface area contributed by atoms with Gasteiger partial charge in [-0.1, -0.05) is 25.7 Å². The molecule has 0 aromatic carbocycles. The molecule has 0 bridgehead atoms. The van der Waals surface area contributed by atoms with Gasteiger partial charge < -0.3 is 14.2 Å². The van der Waals surface area contributed by atoms with E-state index in [2.05, 4.69) is 39.7 Å². The van der Waals surface area contributed by atoms with Crippen LogP contribution < -0.4 is 4.74 Å². The molecule has 13 heteroatoms. The summed E-state index contributed by atoms with van der Waals surface area (Å²) in [6.07, 6.45) is -1.54. The molecule has 3 rings (SSSR count). The standard InChI is InChI=1S/C26H34F3N5O4Si/c1-17-12-21(38-15-25(2,3)24(35)36-4)31-14-19(17)18-8-9-20(30-13-18)22-32-23(26(27,28)29)33-34(22)16-37-10-11-39(5,6)7/h8-9,12-14H,10-11,15-16H2,1-7H3. The van der Waals surface area contributed by atoms with Crippen LogP contribution in [0, 0.1) is 12.3 Å². The van der Waals surface area contributed by atoms with Crippen LogP contribution in [-0.2, 0) is 27.2 Å². The molecule has 0 radical (unpaired) electrons. The number of alkyl halides is 3. The van der Waals surface area contributed by atoms with Gasteiger partial charge in [0.25, 0.3) is 5.82 Å². The third kappa shape index (κ3) is 8.08. The first-order valence-corrected chi connectivity index (χ1v) is 16.1. The fourth-order valence-corrected chi connectivity index (χ4v) is 4.21. The van der Waals surface area contributed by atoms with Gasteiger partial charge >= 0.3 is 12.1 Å². The molecule has 0 spiro atoms. The summed E-state index contributed by atoms with van der Waals surface area (Å²) < 4.78 is 57.2. The van der Waals surface area contributed by atoms with E-state index in [1.54, 1.807) is 44.4 Å². The summed E-state index contributed by atoms with van der Waals surface area (Å²) in [5.74, 6) is -1.32. The smallest absolute Gasteiger partial charge is 0.453 e. The van der Waals surface area contributed by atoms with Crippen molar-refractivity contribution >= 4 is 14.0 Å². The third-order valence-corrected chi connectivity index (χ3v) is 7.55. The predicted octanol–water partition coefficient (Wildman–Crippen LogP) is 5.62. The lowest BCUT2D eigenvalue weighted by molar-refractivity contribution is -0.152. The van der Waals surface area contributed by atoms with E-state index in [4.69, 9.17) is 14.2 Å². The predicted molar refractivity (Wildman–Crippen MR) is 142 cm³/mol. The number of aromatic nitrogens is 5. The fraction of sp³-hybridized carbons (Fsp3) is 0.500. The number of halogens is 3. The summed E-state index contributed by atoms with van der Waals surface area (Å²) in [7, 11) is -0.0359. The minimum absolute atomic E-state index is 0.0336. The normalized spacial score (nSPS) is 12.5. The summed E-state index contributed by atoms with van der Waals surface area (Å²) in [5, 5.41) is 3.62. The first-order valence-electron chi connectivity index (χ1n) is 12.4. The minimum Gasteiger partial charge on any atom is -0.476 e. The first-order chi connectivity index (χ1) is 18.1. The van der Waals surface area contributed by atoms with Crippen LogP contribution in [0.2, 0.25) is 25.7 Å². The van der Waals surface area contributed by atoms with E-state index in [1.165, 1.54) is 7.11 Å². The molecule has 0 saturated heterocycles. The SMILES string of the molecule is COC(=O)C(C)(C)COc1cc(C)c(-c2ccc(-c3nc(C(F)(F)F)nn3COCC[Si](C)(C)C)nc2)cn1. The molecule has 0 N–H and O–H groups in total. The number of ether oxygens (including phenoxy) is 3. The van der Waals surface area contributed by atoms with Crippen LogP contribution in [0.3, 0.4) is 0 Å². The molecule has 0 amide bonds. The van der Waals surface area contributed by atoms with Crippen molar-refractivity contribution in [1.29, 1.82) is 0 Å². The molecule has 0 unspecified atom stereocenters. The van der Waals surface area contributed by atoms with Crippen molar-refractivity contribution in [3.05, 3.63) is 42.0 Å². The number of esters is 1. The lowest BCUT2D eigenvalue weighted by Gasteiger charge is -2.21. The molecule has 0 saturated carbocycles. The van der Waals surface area contributed by atoms with Crippen LogP contribution in [0.5, 0.6) is 5.88 Å². The Morgan fingerprint density at radius 1 is 1.10 bits per heavy atom. The highest BCUT2D eigenvalue weighted by atomic mass is 28.3. The number of rotatable bonds is 11. The van der Waals surface area contributed by atoms with Crippen molar-refractivity contribution in [2.75, 3.05) is 20.3 Å². The molecule has 9 nitrogen and oxygen atoms in total. The maximum absolute atomic E-state index is 13.3. The summed E-state index contributed by atoms with van der Waals surface area (Å²) in [5.41, 5.74) is 1.70. The number of hydrogen-bond donors (Lipinski definition) is 0. The topological polar surface area (TPSA) is 101 Å². The Balaban J connectivity index is 1.79. The Labute approximate surface area is 226 Å². The number of pyridine rings is 2. The maximum atomic E-state index is 13.3. The van der Waals surface area contributed by atoms with Gasteiger partial charge in [0, 0.05) is 44.3 Å². The van der Waals surface area contributed by atoms with Crippen LogP contribution >= 0.6 is 0 Å². The van der Waals surface area contributed by atoms with Gasteiger partial charge in [-0.3, -0.25) is 9.78 Å². The number of carbonyl (C=O) groups is 1. The van der Waals surface area contributed by atoms with Crippen molar-refractivity contribution < 1.29 is 32.2 Å². The molecule has 0 atom stereocenters. The molecule has 0 fully saturated rings. The molecule has 3 heterocycles. The van der Waals surface area contributed by atoms with Crippen molar-refractivity contribution in [3.8, 4) is 28.5 Å². The van der Waals surface area contributed by atoms with Crippen LogP contribution in [0.4, 0.5) is 13.2 Å². The molecule has 39 heavy (non-hydrogen) atoms. The Bertz CT molecular complexity index is 1290. The second-order valence-corrected chi connectivity index (χ2v) is 16.7. The van der Waals surface area contributed by atoms with Crippen molar-refractivity contribution in [2.24, 2.45) is 5.41 Å². The first kappa shape index (κ1) is 30.2. The zero-order chi connectivity index (χ0) is 29.0. The number of aryl methyl sites for hydroxylation is 1. The average molecular weight is 566 g/mol. The van der Waals surface area contributed by atoms with E-state index in [-0.39, 0.29) is 24.9 Å². The van der Waals surface area contributed by atoms with Crippen LogP contribution in [0.15, 0.2) is 30.6 Å². The number of hydrogen-bond acceptors (Lipinski definition) is 8. The van der Waals surface area contributed by atoms with Gasteiger partial charge in [0.05, 0.1) is 12.5 Å². The van der Waals surface area contributed by atoms with Gasteiger partial charge in [-0.25, -0.2) is 14.6 Å². The van der Waals surface area contributed by atoms with E-state index in [1.807, 2.05) is 6.92 Å². The molecule has 0 aliphatic carbocycles. The highest BCUT2D eigenvalue weighted by Crippen LogP contribution is 2.30. The zero-order valence-corrected chi connectivity index (χ0v) is 24.2. The maximum Gasteiger partial charge on any atom is 0.453 e. The molecular weight excluding hydrogens is 531 g/mol.